The van der Waals surface area contributed by atoms with Gasteiger partial charge < -0.3 is 5.32 Å². The molecule has 1 nitrogen and oxygen atoms in total. The molecule has 0 radical (unpaired) electrons. The largest absolute Gasteiger partial charge is 0.314 e. The van der Waals surface area contributed by atoms with Crippen LogP contribution in [0.2, 0.25) is 10.0 Å². The molecule has 1 N–H and O–H groups in total. The van der Waals surface area contributed by atoms with Crippen molar-refractivity contribution in [3.63, 3.8) is 0 Å². The first-order valence-electron chi connectivity index (χ1n) is 7.37. The molecule has 3 heteroatoms. The van der Waals surface area contributed by atoms with Gasteiger partial charge in [-0.3, -0.25) is 0 Å². The van der Waals surface area contributed by atoms with Crippen LogP contribution in [0.5, 0.6) is 0 Å². The monoisotopic (exact) mass is 299 g/mol. The second kappa shape index (κ2) is 7.52. The molecule has 0 bridgehead atoms. The summed E-state index contributed by atoms with van der Waals surface area (Å²) in [5, 5.41) is 5.25. The van der Waals surface area contributed by atoms with Gasteiger partial charge in [-0.1, -0.05) is 55.5 Å². The molecule has 0 spiro atoms. The molecule has 19 heavy (non-hydrogen) atoms. The molecule has 1 saturated carbocycles. The van der Waals surface area contributed by atoms with Gasteiger partial charge in [-0.05, 0) is 49.4 Å². The summed E-state index contributed by atoms with van der Waals surface area (Å²) in [6.45, 7) is 3.27. The fraction of sp³-hybridized carbons (Fsp3) is 0.625. The summed E-state index contributed by atoms with van der Waals surface area (Å²) in [7, 11) is 0. The van der Waals surface area contributed by atoms with E-state index in [0.29, 0.717) is 6.04 Å². The van der Waals surface area contributed by atoms with E-state index in [1.807, 2.05) is 18.2 Å². The van der Waals surface area contributed by atoms with Crippen LogP contribution in [-0.4, -0.2) is 12.6 Å². The van der Waals surface area contributed by atoms with Crippen LogP contribution in [-0.2, 0) is 6.42 Å². The van der Waals surface area contributed by atoms with E-state index in [1.165, 1.54) is 25.7 Å². The third-order valence-corrected chi connectivity index (χ3v) is 4.75. The minimum atomic E-state index is 0.502. The Morgan fingerprint density at radius 2 is 1.95 bits per heavy atom. The maximum Gasteiger partial charge on any atom is 0.0453 e. The Balaban J connectivity index is 2.00. The molecule has 0 heterocycles. The van der Waals surface area contributed by atoms with Gasteiger partial charge in [0.1, 0.15) is 0 Å². The average Bonchev–Trinajstić information content (AvgIpc) is 2.34. The topological polar surface area (TPSA) is 12.0 Å². The second-order valence-electron chi connectivity index (χ2n) is 5.59. The van der Waals surface area contributed by atoms with Crippen molar-refractivity contribution in [1.82, 2.24) is 5.32 Å². The fourth-order valence-electron chi connectivity index (χ4n) is 2.69. The van der Waals surface area contributed by atoms with E-state index in [2.05, 4.69) is 12.2 Å². The van der Waals surface area contributed by atoms with E-state index in [4.69, 9.17) is 23.2 Å². The van der Waals surface area contributed by atoms with Gasteiger partial charge in [0, 0.05) is 16.1 Å². The molecule has 106 valence electrons. The van der Waals surface area contributed by atoms with Crippen molar-refractivity contribution in [1.29, 1.82) is 0 Å². The summed E-state index contributed by atoms with van der Waals surface area (Å²) in [5.74, 6) is 0.899. The smallest absolute Gasteiger partial charge is 0.0453 e. The van der Waals surface area contributed by atoms with E-state index < -0.39 is 0 Å². The third-order valence-electron chi connectivity index (χ3n) is 4.04. The minimum absolute atomic E-state index is 0.502. The number of rotatable bonds is 7. The molecule has 1 aliphatic rings. The van der Waals surface area contributed by atoms with E-state index in [1.54, 1.807) is 0 Å². The number of hydrogen-bond donors (Lipinski definition) is 1. The van der Waals surface area contributed by atoms with Crippen LogP contribution < -0.4 is 5.32 Å². The van der Waals surface area contributed by atoms with Crippen molar-refractivity contribution in [2.24, 2.45) is 5.92 Å². The van der Waals surface area contributed by atoms with E-state index in [0.717, 1.165) is 40.9 Å². The number of benzene rings is 1. The van der Waals surface area contributed by atoms with Gasteiger partial charge in [-0.2, -0.15) is 0 Å². The molecule has 1 aromatic carbocycles. The van der Waals surface area contributed by atoms with E-state index in [9.17, 15) is 0 Å². The SMILES string of the molecule is CCCNC(Cc1c(Cl)cccc1Cl)CC1CCC1. The van der Waals surface area contributed by atoms with Crippen LogP contribution in [0.3, 0.4) is 0 Å². The zero-order valence-corrected chi connectivity index (χ0v) is 13.1. The molecule has 0 aromatic heterocycles. The normalized spacial score (nSPS) is 17.2. The highest BCUT2D eigenvalue weighted by Crippen LogP contribution is 2.32. The van der Waals surface area contributed by atoms with Gasteiger partial charge in [0.2, 0.25) is 0 Å². The van der Waals surface area contributed by atoms with Gasteiger partial charge in [0.25, 0.3) is 0 Å². The Bertz CT molecular complexity index is 381. The maximum absolute atomic E-state index is 6.28. The summed E-state index contributed by atoms with van der Waals surface area (Å²) in [6.07, 6.45) is 7.53. The van der Waals surface area contributed by atoms with Crippen LogP contribution in [0.25, 0.3) is 0 Å². The summed E-state index contributed by atoms with van der Waals surface area (Å²) in [6, 6.07) is 6.28. The van der Waals surface area contributed by atoms with Crippen molar-refractivity contribution in [3.05, 3.63) is 33.8 Å². The average molecular weight is 300 g/mol. The molecule has 1 aromatic rings. The Hall–Kier alpha value is -0.240. The van der Waals surface area contributed by atoms with Crippen LogP contribution in [0.1, 0.15) is 44.6 Å². The highest BCUT2D eigenvalue weighted by atomic mass is 35.5. The van der Waals surface area contributed by atoms with E-state index in [-0.39, 0.29) is 0 Å². The summed E-state index contributed by atoms with van der Waals surface area (Å²) < 4.78 is 0. The molecular weight excluding hydrogens is 277 g/mol. The van der Waals surface area contributed by atoms with Gasteiger partial charge in [-0.25, -0.2) is 0 Å². The zero-order valence-electron chi connectivity index (χ0n) is 11.6. The first kappa shape index (κ1) is 15.2. The van der Waals surface area contributed by atoms with Crippen LogP contribution in [0, 0.1) is 5.92 Å². The predicted molar refractivity (Wildman–Crippen MR) is 84.2 cm³/mol. The lowest BCUT2D eigenvalue weighted by atomic mass is 9.80. The highest BCUT2D eigenvalue weighted by molar-refractivity contribution is 6.35. The minimum Gasteiger partial charge on any atom is -0.314 e. The fourth-order valence-corrected chi connectivity index (χ4v) is 3.24. The van der Waals surface area contributed by atoms with Crippen LogP contribution in [0.15, 0.2) is 18.2 Å². The molecule has 1 fully saturated rings. The third kappa shape index (κ3) is 4.37. The number of hydrogen-bond acceptors (Lipinski definition) is 1. The number of nitrogens with one attached hydrogen (secondary N) is 1. The van der Waals surface area contributed by atoms with Crippen molar-refractivity contribution < 1.29 is 0 Å². The Labute approximate surface area is 126 Å². The maximum atomic E-state index is 6.28. The highest BCUT2D eigenvalue weighted by Gasteiger charge is 2.23. The lowest BCUT2D eigenvalue weighted by molar-refractivity contribution is 0.259. The Morgan fingerprint density at radius 3 is 2.47 bits per heavy atom. The Morgan fingerprint density at radius 1 is 1.26 bits per heavy atom. The molecule has 0 saturated heterocycles. The first-order chi connectivity index (χ1) is 9.20. The summed E-state index contributed by atoms with van der Waals surface area (Å²) in [5.41, 5.74) is 1.10. The second-order valence-corrected chi connectivity index (χ2v) is 6.40. The predicted octanol–water partition coefficient (Wildman–Crippen LogP) is 5.09. The van der Waals surface area contributed by atoms with Gasteiger partial charge in [-0.15, -0.1) is 0 Å². The molecule has 1 atom stereocenters. The van der Waals surface area contributed by atoms with Gasteiger partial charge in [0.05, 0.1) is 0 Å². The van der Waals surface area contributed by atoms with Crippen LogP contribution >= 0.6 is 23.2 Å². The van der Waals surface area contributed by atoms with Gasteiger partial charge in [0.15, 0.2) is 0 Å². The number of halogens is 2. The molecule has 1 unspecified atom stereocenters. The van der Waals surface area contributed by atoms with Crippen molar-refractivity contribution in [2.45, 2.75) is 51.5 Å². The van der Waals surface area contributed by atoms with Crippen LogP contribution in [0.4, 0.5) is 0 Å². The lowest BCUT2D eigenvalue weighted by Crippen LogP contribution is -2.35. The summed E-state index contributed by atoms with van der Waals surface area (Å²) in [4.78, 5) is 0. The standard InChI is InChI=1S/C16H23Cl2N/c1-2-9-19-13(10-12-5-3-6-12)11-14-15(17)7-4-8-16(14)18/h4,7-8,12-13,19H,2-3,5-6,9-11H2,1H3. The zero-order chi connectivity index (χ0) is 13.7. The molecule has 0 aliphatic heterocycles. The Kier molecular flexibility index (Phi) is 6.00. The molecular formula is C16H23Cl2N. The first-order valence-corrected chi connectivity index (χ1v) is 8.12. The van der Waals surface area contributed by atoms with Crippen molar-refractivity contribution in [3.8, 4) is 0 Å². The van der Waals surface area contributed by atoms with Crippen molar-refractivity contribution in [2.75, 3.05) is 6.54 Å². The molecule has 1 aliphatic carbocycles. The van der Waals surface area contributed by atoms with Crippen molar-refractivity contribution >= 4 is 23.2 Å². The van der Waals surface area contributed by atoms with Gasteiger partial charge >= 0.3 is 0 Å². The quantitative estimate of drug-likeness (QED) is 0.739. The van der Waals surface area contributed by atoms with E-state index >= 15 is 0 Å². The summed E-state index contributed by atoms with van der Waals surface area (Å²) >= 11 is 12.6. The molecule has 2 rings (SSSR count). The molecule has 0 amide bonds. The lowest BCUT2D eigenvalue weighted by Gasteiger charge is -2.30.